The van der Waals surface area contributed by atoms with Gasteiger partial charge in [0.2, 0.25) is 5.91 Å². The third-order valence-corrected chi connectivity index (χ3v) is 4.44. The van der Waals surface area contributed by atoms with E-state index in [0.717, 1.165) is 37.2 Å². The summed E-state index contributed by atoms with van der Waals surface area (Å²) in [5.74, 6) is 0.655. The average Bonchev–Trinajstić information content (AvgIpc) is 2.74. The molecule has 6 nitrogen and oxygen atoms in total. The zero-order chi connectivity index (χ0) is 21.1. The molecule has 0 unspecified atom stereocenters. The van der Waals surface area contributed by atoms with Crippen LogP contribution in [0.15, 0.2) is 48.5 Å². The summed E-state index contributed by atoms with van der Waals surface area (Å²) in [7, 11) is 1.63. The molecule has 0 aromatic heterocycles. The highest BCUT2D eigenvalue weighted by atomic mass is 16.5. The van der Waals surface area contributed by atoms with E-state index in [-0.39, 0.29) is 18.4 Å². The number of anilines is 1. The molecule has 0 atom stereocenters. The van der Waals surface area contributed by atoms with Gasteiger partial charge in [-0.05, 0) is 48.7 Å². The van der Waals surface area contributed by atoms with E-state index in [2.05, 4.69) is 24.5 Å². The third kappa shape index (κ3) is 7.23. The predicted molar refractivity (Wildman–Crippen MR) is 116 cm³/mol. The topological polar surface area (TPSA) is 70.7 Å². The van der Waals surface area contributed by atoms with Gasteiger partial charge in [-0.1, -0.05) is 32.0 Å². The molecule has 2 amide bonds. The summed E-state index contributed by atoms with van der Waals surface area (Å²) in [4.78, 5) is 26.8. The molecule has 2 aromatic rings. The van der Waals surface area contributed by atoms with E-state index in [4.69, 9.17) is 4.74 Å². The number of ether oxygens (including phenoxy) is 1. The molecular weight excluding hydrogens is 366 g/mol. The van der Waals surface area contributed by atoms with Gasteiger partial charge >= 0.3 is 0 Å². The Hall–Kier alpha value is -2.86. The predicted octanol–water partition coefficient (Wildman–Crippen LogP) is 3.69. The monoisotopic (exact) mass is 397 g/mol. The van der Waals surface area contributed by atoms with E-state index in [0.29, 0.717) is 17.8 Å². The second kappa shape index (κ2) is 11.9. The highest BCUT2D eigenvalue weighted by Gasteiger charge is 2.15. The zero-order valence-corrected chi connectivity index (χ0v) is 17.5. The summed E-state index contributed by atoms with van der Waals surface area (Å²) in [5, 5.41) is 5.97. The molecule has 0 spiro atoms. The fourth-order valence-electron chi connectivity index (χ4n) is 3.04. The van der Waals surface area contributed by atoms with Crippen molar-refractivity contribution in [1.29, 1.82) is 0 Å². The summed E-state index contributed by atoms with van der Waals surface area (Å²) in [6, 6.07) is 14.8. The minimum absolute atomic E-state index is 0.00225. The van der Waals surface area contributed by atoms with Crippen LogP contribution in [0.5, 0.6) is 5.75 Å². The first-order valence-corrected chi connectivity index (χ1v) is 10.1. The average molecular weight is 398 g/mol. The fourth-order valence-corrected chi connectivity index (χ4v) is 3.04. The summed E-state index contributed by atoms with van der Waals surface area (Å²) < 4.78 is 5.13. The Morgan fingerprint density at radius 1 is 1.00 bits per heavy atom. The standard InChI is InChI=1S/C23H31N3O3/c1-4-13-26(14-5-2)23(28)19-7-6-8-20(15-19)25-22(27)17-24-16-18-9-11-21(29-3)12-10-18/h6-12,15,24H,4-5,13-14,16-17H2,1-3H3,(H,25,27). The number of methoxy groups -OCH3 is 1. The Kier molecular flexibility index (Phi) is 9.18. The molecule has 0 saturated carbocycles. The zero-order valence-electron chi connectivity index (χ0n) is 17.5. The number of hydrogen-bond acceptors (Lipinski definition) is 4. The van der Waals surface area contributed by atoms with Gasteiger partial charge in [-0.2, -0.15) is 0 Å². The molecule has 0 heterocycles. The van der Waals surface area contributed by atoms with Crippen LogP contribution in [0.3, 0.4) is 0 Å². The van der Waals surface area contributed by atoms with Gasteiger partial charge in [0.05, 0.1) is 13.7 Å². The lowest BCUT2D eigenvalue weighted by Crippen LogP contribution is -2.32. The van der Waals surface area contributed by atoms with Crippen molar-refractivity contribution in [3.05, 3.63) is 59.7 Å². The maximum atomic E-state index is 12.7. The smallest absolute Gasteiger partial charge is 0.253 e. The van der Waals surface area contributed by atoms with E-state index in [1.54, 1.807) is 31.4 Å². The Bertz CT molecular complexity index is 784. The molecule has 6 heteroatoms. The second-order valence-electron chi connectivity index (χ2n) is 6.87. The number of benzene rings is 2. The number of amides is 2. The van der Waals surface area contributed by atoms with Crippen LogP contribution < -0.4 is 15.4 Å². The van der Waals surface area contributed by atoms with Crippen molar-refractivity contribution in [3.63, 3.8) is 0 Å². The maximum Gasteiger partial charge on any atom is 0.253 e. The first-order chi connectivity index (χ1) is 14.1. The van der Waals surface area contributed by atoms with Gasteiger partial charge in [-0.15, -0.1) is 0 Å². The Balaban J connectivity index is 1.88. The molecule has 0 aliphatic rings. The van der Waals surface area contributed by atoms with Crippen molar-refractivity contribution in [3.8, 4) is 5.75 Å². The van der Waals surface area contributed by atoms with Crippen LogP contribution in [0, 0.1) is 0 Å². The van der Waals surface area contributed by atoms with Gasteiger partial charge in [0.25, 0.3) is 5.91 Å². The SMILES string of the molecule is CCCN(CCC)C(=O)c1cccc(NC(=O)CNCc2ccc(OC)cc2)c1. The van der Waals surface area contributed by atoms with Crippen LogP contribution in [-0.2, 0) is 11.3 Å². The molecule has 0 bridgehead atoms. The van der Waals surface area contributed by atoms with Crippen molar-refractivity contribution in [1.82, 2.24) is 10.2 Å². The minimum atomic E-state index is -0.151. The van der Waals surface area contributed by atoms with Crippen LogP contribution in [0.4, 0.5) is 5.69 Å². The van der Waals surface area contributed by atoms with Crippen molar-refractivity contribution in [2.75, 3.05) is 32.1 Å². The lowest BCUT2D eigenvalue weighted by atomic mass is 10.1. The Labute approximate surface area is 173 Å². The van der Waals surface area contributed by atoms with Gasteiger partial charge < -0.3 is 20.3 Å². The van der Waals surface area contributed by atoms with Gasteiger partial charge in [0.1, 0.15) is 5.75 Å². The first kappa shape index (κ1) is 22.4. The van der Waals surface area contributed by atoms with E-state index < -0.39 is 0 Å². The summed E-state index contributed by atoms with van der Waals surface area (Å²) in [6.45, 7) is 6.36. The number of carbonyl (C=O) groups is 2. The van der Waals surface area contributed by atoms with Gasteiger partial charge in [0, 0.05) is 30.9 Å². The quantitative estimate of drug-likeness (QED) is 0.607. The first-order valence-electron chi connectivity index (χ1n) is 10.1. The number of rotatable bonds is 11. The summed E-state index contributed by atoms with van der Waals surface area (Å²) in [6.07, 6.45) is 1.84. The molecule has 0 fully saturated rings. The molecule has 156 valence electrons. The summed E-state index contributed by atoms with van der Waals surface area (Å²) in [5.41, 5.74) is 2.29. The van der Waals surface area contributed by atoms with Crippen LogP contribution in [0.1, 0.15) is 42.6 Å². The number of hydrogen-bond donors (Lipinski definition) is 2. The molecule has 2 aromatic carbocycles. The van der Waals surface area contributed by atoms with Crippen molar-refractivity contribution >= 4 is 17.5 Å². The van der Waals surface area contributed by atoms with E-state index in [1.807, 2.05) is 29.2 Å². The van der Waals surface area contributed by atoms with Crippen LogP contribution >= 0.6 is 0 Å². The third-order valence-electron chi connectivity index (χ3n) is 4.44. The van der Waals surface area contributed by atoms with Gasteiger partial charge in [0.15, 0.2) is 0 Å². The fraction of sp³-hybridized carbons (Fsp3) is 0.391. The second-order valence-corrected chi connectivity index (χ2v) is 6.87. The number of carbonyl (C=O) groups excluding carboxylic acids is 2. The molecule has 0 radical (unpaired) electrons. The molecule has 2 rings (SSSR count). The molecular formula is C23H31N3O3. The summed E-state index contributed by atoms with van der Waals surface area (Å²) >= 11 is 0. The Morgan fingerprint density at radius 3 is 2.31 bits per heavy atom. The van der Waals surface area contributed by atoms with Crippen LogP contribution in [-0.4, -0.2) is 43.5 Å². The molecule has 0 aliphatic heterocycles. The lowest BCUT2D eigenvalue weighted by molar-refractivity contribution is -0.115. The highest BCUT2D eigenvalue weighted by Crippen LogP contribution is 2.14. The molecule has 0 aliphatic carbocycles. The number of nitrogens with one attached hydrogen (secondary N) is 2. The number of nitrogens with zero attached hydrogens (tertiary/aromatic N) is 1. The van der Waals surface area contributed by atoms with E-state index in [1.165, 1.54) is 0 Å². The lowest BCUT2D eigenvalue weighted by Gasteiger charge is -2.21. The highest BCUT2D eigenvalue weighted by molar-refractivity contribution is 5.97. The van der Waals surface area contributed by atoms with E-state index in [9.17, 15) is 9.59 Å². The van der Waals surface area contributed by atoms with E-state index >= 15 is 0 Å². The molecule has 0 saturated heterocycles. The van der Waals surface area contributed by atoms with Gasteiger partial charge in [-0.25, -0.2) is 0 Å². The minimum Gasteiger partial charge on any atom is -0.497 e. The van der Waals surface area contributed by atoms with Crippen LogP contribution in [0.2, 0.25) is 0 Å². The van der Waals surface area contributed by atoms with Crippen LogP contribution in [0.25, 0.3) is 0 Å². The maximum absolute atomic E-state index is 12.7. The van der Waals surface area contributed by atoms with Crippen molar-refractivity contribution < 1.29 is 14.3 Å². The Morgan fingerprint density at radius 2 is 1.69 bits per heavy atom. The van der Waals surface area contributed by atoms with Gasteiger partial charge in [-0.3, -0.25) is 9.59 Å². The molecule has 2 N–H and O–H groups in total. The van der Waals surface area contributed by atoms with Crippen molar-refractivity contribution in [2.45, 2.75) is 33.2 Å². The normalized spacial score (nSPS) is 10.4. The van der Waals surface area contributed by atoms with Crippen molar-refractivity contribution in [2.24, 2.45) is 0 Å². The largest absolute Gasteiger partial charge is 0.497 e. The molecule has 29 heavy (non-hydrogen) atoms.